The Hall–Kier alpha value is -1.27. The summed E-state index contributed by atoms with van der Waals surface area (Å²) in [6.45, 7) is 2.18. The average Bonchev–Trinajstić information content (AvgIpc) is 2.42. The lowest BCUT2D eigenvalue weighted by Crippen LogP contribution is -2.14. The normalized spacial score (nSPS) is 12.6. The third-order valence-corrected chi connectivity index (χ3v) is 3.71. The lowest BCUT2D eigenvalue weighted by Gasteiger charge is -2.23. The van der Waals surface area contributed by atoms with Crippen molar-refractivity contribution >= 4 is 11.6 Å². The maximum atomic E-state index is 6.62. The molecule has 0 saturated heterocycles. The van der Waals surface area contributed by atoms with E-state index in [0.717, 1.165) is 12.8 Å². The molecule has 1 heteroatoms. The first-order valence-electron chi connectivity index (χ1n) is 6.57. The lowest BCUT2D eigenvalue weighted by molar-refractivity contribution is 0.660. The smallest absolute Gasteiger partial charge is 0.0445 e. The van der Waals surface area contributed by atoms with Crippen LogP contribution in [0.25, 0.3) is 0 Å². The minimum absolute atomic E-state index is 0.153. The lowest BCUT2D eigenvalue weighted by atomic mass is 9.87. The Morgan fingerprint density at radius 1 is 0.833 bits per heavy atom. The Morgan fingerprint density at radius 2 is 1.28 bits per heavy atom. The number of benzene rings is 2. The summed E-state index contributed by atoms with van der Waals surface area (Å²) >= 11 is 6.62. The van der Waals surface area contributed by atoms with Gasteiger partial charge in [-0.3, -0.25) is 0 Å². The zero-order valence-electron chi connectivity index (χ0n) is 10.7. The first-order chi connectivity index (χ1) is 8.83. The number of rotatable bonds is 5. The largest absolute Gasteiger partial charge is 0.122 e. The minimum atomic E-state index is 0.153. The van der Waals surface area contributed by atoms with Gasteiger partial charge in [0, 0.05) is 11.3 Å². The van der Waals surface area contributed by atoms with E-state index in [2.05, 4.69) is 67.6 Å². The number of hydrogen-bond donors (Lipinski definition) is 0. The van der Waals surface area contributed by atoms with E-state index in [1.54, 1.807) is 0 Å². The van der Waals surface area contributed by atoms with E-state index in [9.17, 15) is 0 Å². The Morgan fingerprint density at radius 3 is 1.67 bits per heavy atom. The number of hydrogen-bond acceptors (Lipinski definition) is 0. The van der Waals surface area contributed by atoms with Crippen molar-refractivity contribution in [1.29, 1.82) is 0 Å². The number of halogens is 1. The van der Waals surface area contributed by atoms with Gasteiger partial charge in [0.1, 0.15) is 0 Å². The standard InChI is InChI=1S/C17H19Cl/c1-2-9-16(18)17(14-10-5-3-6-11-14)15-12-7-4-8-13-15/h3-8,10-13,16-17H,2,9H2,1H3. The van der Waals surface area contributed by atoms with Crippen molar-refractivity contribution in [2.45, 2.75) is 31.1 Å². The minimum Gasteiger partial charge on any atom is -0.122 e. The SMILES string of the molecule is CCCC(Cl)C(c1ccccc1)c1ccccc1. The van der Waals surface area contributed by atoms with Crippen LogP contribution in [0.4, 0.5) is 0 Å². The highest BCUT2D eigenvalue weighted by molar-refractivity contribution is 6.21. The van der Waals surface area contributed by atoms with Crippen molar-refractivity contribution < 1.29 is 0 Å². The van der Waals surface area contributed by atoms with Crippen molar-refractivity contribution in [3.63, 3.8) is 0 Å². The maximum absolute atomic E-state index is 6.62. The molecule has 0 amide bonds. The van der Waals surface area contributed by atoms with Crippen LogP contribution in [0.3, 0.4) is 0 Å². The topological polar surface area (TPSA) is 0 Å². The van der Waals surface area contributed by atoms with Crippen LogP contribution in [0.1, 0.15) is 36.8 Å². The molecular weight excluding hydrogens is 240 g/mol. The number of alkyl halides is 1. The van der Waals surface area contributed by atoms with Crippen LogP contribution in [0.2, 0.25) is 0 Å². The summed E-state index contributed by atoms with van der Waals surface area (Å²) in [5.41, 5.74) is 2.61. The summed E-state index contributed by atoms with van der Waals surface area (Å²) in [4.78, 5) is 0. The molecule has 2 aromatic carbocycles. The Kier molecular flexibility index (Phi) is 4.83. The molecule has 0 spiro atoms. The zero-order valence-corrected chi connectivity index (χ0v) is 11.5. The molecule has 2 rings (SSSR count). The highest BCUT2D eigenvalue weighted by Crippen LogP contribution is 2.33. The summed E-state index contributed by atoms with van der Waals surface area (Å²) < 4.78 is 0. The van der Waals surface area contributed by atoms with Crippen LogP contribution in [0.15, 0.2) is 60.7 Å². The third-order valence-electron chi connectivity index (χ3n) is 3.24. The zero-order chi connectivity index (χ0) is 12.8. The maximum Gasteiger partial charge on any atom is 0.0445 e. The second-order valence-corrected chi connectivity index (χ2v) is 5.16. The van der Waals surface area contributed by atoms with Gasteiger partial charge in [0.05, 0.1) is 0 Å². The average molecular weight is 259 g/mol. The molecule has 1 atom stereocenters. The molecular formula is C17H19Cl. The predicted octanol–water partition coefficient (Wildman–Crippen LogP) is 5.23. The highest BCUT2D eigenvalue weighted by Gasteiger charge is 2.21. The van der Waals surface area contributed by atoms with Crippen LogP contribution in [0, 0.1) is 0 Å². The van der Waals surface area contributed by atoms with Crippen LogP contribution >= 0.6 is 11.6 Å². The van der Waals surface area contributed by atoms with Crippen LogP contribution in [0.5, 0.6) is 0 Å². The predicted molar refractivity (Wildman–Crippen MR) is 79.3 cm³/mol. The highest BCUT2D eigenvalue weighted by atomic mass is 35.5. The van der Waals surface area contributed by atoms with Crippen LogP contribution in [-0.4, -0.2) is 5.38 Å². The quantitative estimate of drug-likeness (QED) is 0.645. The fourth-order valence-electron chi connectivity index (χ4n) is 2.37. The fourth-order valence-corrected chi connectivity index (χ4v) is 2.88. The van der Waals surface area contributed by atoms with Crippen LogP contribution < -0.4 is 0 Å². The molecule has 0 aliphatic carbocycles. The third kappa shape index (κ3) is 3.14. The first kappa shape index (κ1) is 13.2. The van der Waals surface area contributed by atoms with Gasteiger partial charge in [0.2, 0.25) is 0 Å². The van der Waals surface area contributed by atoms with E-state index in [4.69, 9.17) is 11.6 Å². The second-order valence-electron chi connectivity index (χ2n) is 4.60. The van der Waals surface area contributed by atoms with Crippen molar-refractivity contribution in [2.75, 3.05) is 0 Å². The van der Waals surface area contributed by atoms with E-state index in [1.807, 2.05) is 0 Å². The molecule has 0 aliphatic rings. The molecule has 0 aliphatic heterocycles. The van der Waals surface area contributed by atoms with Gasteiger partial charge in [0.15, 0.2) is 0 Å². The monoisotopic (exact) mass is 258 g/mol. The summed E-state index contributed by atoms with van der Waals surface area (Å²) in [5, 5.41) is 0.153. The van der Waals surface area contributed by atoms with E-state index < -0.39 is 0 Å². The molecule has 0 aromatic heterocycles. The Labute approximate surface area is 115 Å². The van der Waals surface area contributed by atoms with Gasteiger partial charge in [-0.15, -0.1) is 11.6 Å². The molecule has 0 bridgehead atoms. The summed E-state index contributed by atoms with van der Waals surface area (Å²) in [6, 6.07) is 21.1. The van der Waals surface area contributed by atoms with Crippen molar-refractivity contribution in [3.05, 3.63) is 71.8 Å². The van der Waals surface area contributed by atoms with Gasteiger partial charge in [-0.2, -0.15) is 0 Å². The van der Waals surface area contributed by atoms with E-state index in [-0.39, 0.29) is 11.3 Å². The van der Waals surface area contributed by atoms with E-state index in [1.165, 1.54) is 11.1 Å². The molecule has 2 aromatic rings. The molecule has 0 radical (unpaired) electrons. The first-order valence-corrected chi connectivity index (χ1v) is 7.00. The molecule has 0 nitrogen and oxygen atoms in total. The van der Waals surface area contributed by atoms with Gasteiger partial charge >= 0.3 is 0 Å². The van der Waals surface area contributed by atoms with E-state index in [0.29, 0.717) is 0 Å². The molecule has 0 heterocycles. The van der Waals surface area contributed by atoms with Gasteiger partial charge in [-0.25, -0.2) is 0 Å². The van der Waals surface area contributed by atoms with Gasteiger partial charge in [-0.05, 0) is 17.5 Å². The molecule has 1 unspecified atom stereocenters. The van der Waals surface area contributed by atoms with E-state index >= 15 is 0 Å². The van der Waals surface area contributed by atoms with Gasteiger partial charge < -0.3 is 0 Å². The second kappa shape index (κ2) is 6.61. The summed E-state index contributed by atoms with van der Waals surface area (Å²) in [6.07, 6.45) is 2.15. The van der Waals surface area contributed by atoms with Crippen molar-refractivity contribution in [3.8, 4) is 0 Å². The molecule has 18 heavy (non-hydrogen) atoms. The molecule has 0 saturated carbocycles. The Bertz CT molecular complexity index is 410. The molecule has 0 N–H and O–H groups in total. The van der Waals surface area contributed by atoms with Crippen molar-refractivity contribution in [1.82, 2.24) is 0 Å². The molecule has 94 valence electrons. The molecule has 0 fully saturated rings. The van der Waals surface area contributed by atoms with Crippen molar-refractivity contribution in [2.24, 2.45) is 0 Å². The van der Waals surface area contributed by atoms with Gasteiger partial charge in [-0.1, -0.05) is 74.0 Å². The summed E-state index contributed by atoms with van der Waals surface area (Å²) in [7, 11) is 0. The van der Waals surface area contributed by atoms with Gasteiger partial charge in [0.25, 0.3) is 0 Å². The fraction of sp³-hybridized carbons (Fsp3) is 0.294. The summed E-state index contributed by atoms with van der Waals surface area (Å²) in [5.74, 6) is 0.286. The Balaban J connectivity index is 2.35. The van der Waals surface area contributed by atoms with Crippen LogP contribution in [-0.2, 0) is 0 Å².